The van der Waals surface area contributed by atoms with Crippen LogP contribution in [0, 0.1) is 6.92 Å². The van der Waals surface area contributed by atoms with Crippen molar-refractivity contribution in [2.75, 3.05) is 26.6 Å². The lowest BCUT2D eigenvalue weighted by atomic mass is 10.1. The zero-order valence-electron chi connectivity index (χ0n) is 19.8. The third kappa shape index (κ3) is 6.45. The number of nitrogens with one attached hydrogen (secondary N) is 2. The summed E-state index contributed by atoms with van der Waals surface area (Å²) in [7, 11) is 0.347. The molecule has 0 bridgehead atoms. The van der Waals surface area contributed by atoms with E-state index in [4.69, 9.17) is 25.8 Å². The minimum Gasteiger partial charge on any atom is -0.496 e. The number of amides is 1. The molecule has 0 aromatic heterocycles. The molecule has 0 saturated carbocycles. The lowest BCUT2D eigenvalue weighted by molar-refractivity contribution is -0.117. The lowest BCUT2D eigenvalue weighted by Crippen LogP contribution is -2.45. The maximum absolute atomic E-state index is 13.4. The van der Waals surface area contributed by atoms with Crippen LogP contribution in [0.25, 0.3) is 0 Å². The van der Waals surface area contributed by atoms with Crippen molar-refractivity contribution in [3.05, 3.63) is 76.8 Å². The second-order valence-electron chi connectivity index (χ2n) is 7.67. The molecular formula is C25H27ClN2O6S. The van der Waals surface area contributed by atoms with Crippen molar-refractivity contribution in [2.24, 2.45) is 0 Å². The van der Waals surface area contributed by atoms with E-state index in [1.54, 1.807) is 13.0 Å². The smallest absolute Gasteiger partial charge is 0.243 e. The van der Waals surface area contributed by atoms with Crippen LogP contribution >= 0.6 is 11.6 Å². The number of hydrogen-bond donors (Lipinski definition) is 2. The van der Waals surface area contributed by atoms with Gasteiger partial charge < -0.3 is 19.5 Å². The van der Waals surface area contributed by atoms with Crippen LogP contribution in [0.2, 0.25) is 5.02 Å². The van der Waals surface area contributed by atoms with E-state index in [0.717, 1.165) is 5.56 Å². The van der Waals surface area contributed by atoms with Gasteiger partial charge in [0.15, 0.2) is 0 Å². The van der Waals surface area contributed by atoms with Crippen molar-refractivity contribution in [1.82, 2.24) is 4.72 Å². The fraction of sp³-hybridized carbons (Fsp3) is 0.240. The third-order valence-electron chi connectivity index (χ3n) is 5.30. The van der Waals surface area contributed by atoms with Gasteiger partial charge in [0.05, 0.1) is 36.9 Å². The average molecular weight is 519 g/mol. The number of halogens is 1. The summed E-state index contributed by atoms with van der Waals surface area (Å²) < 4.78 is 44.7. The highest BCUT2D eigenvalue weighted by atomic mass is 35.5. The van der Waals surface area contributed by atoms with E-state index >= 15 is 0 Å². The third-order valence-corrected chi connectivity index (χ3v) is 7.07. The van der Waals surface area contributed by atoms with Gasteiger partial charge in [-0.1, -0.05) is 41.9 Å². The minimum absolute atomic E-state index is 0.0207. The van der Waals surface area contributed by atoms with Gasteiger partial charge in [-0.2, -0.15) is 4.72 Å². The first-order chi connectivity index (χ1) is 16.7. The summed E-state index contributed by atoms with van der Waals surface area (Å²) in [6, 6.07) is 15.5. The van der Waals surface area contributed by atoms with Crippen LogP contribution in [-0.4, -0.2) is 41.7 Å². The number of anilines is 1. The predicted molar refractivity (Wildman–Crippen MR) is 135 cm³/mol. The number of ether oxygens (including phenoxy) is 3. The average Bonchev–Trinajstić information content (AvgIpc) is 2.84. The maximum Gasteiger partial charge on any atom is 0.243 e. The minimum atomic E-state index is -4.04. The zero-order chi connectivity index (χ0) is 25.6. The Morgan fingerprint density at radius 1 is 0.914 bits per heavy atom. The first-order valence-electron chi connectivity index (χ1n) is 10.6. The van der Waals surface area contributed by atoms with Crippen LogP contribution in [0.3, 0.4) is 0 Å². The second kappa shape index (κ2) is 11.4. The Bertz CT molecular complexity index is 1300. The Labute approximate surface area is 210 Å². The van der Waals surface area contributed by atoms with Gasteiger partial charge in [0.25, 0.3) is 0 Å². The first kappa shape index (κ1) is 26.3. The molecule has 10 heteroatoms. The fourth-order valence-electron chi connectivity index (χ4n) is 3.49. The van der Waals surface area contributed by atoms with E-state index in [-0.39, 0.29) is 17.0 Å². The molecule has 0 radical (unpaired) electrons. The molecule has 186 valence electrons. The molecule has 35 heavy (non-hydrogen) atoms. The molecule has 3 aromatic rings. The van der Waals surface area contributed by atoms with Crippen molar-refractivity contribution in [2.45, 2.75) is 24.3 Å². The van der Waals surface area contributed by atoms with E-state index < -0.39 is 22.0 Å². The molecule has 0 spiro atoms. The maximum atomic E-state index is 13.4. The summed E-state index contributed by atoms with van der Waals surface area (Å²) >= 11 is 6.16. The molecule has 3 rings (SSSR count). The molecular weight excluding hydrogens is 492 g/mol. The van der Waals surface area contributed by atoms with E-state index in [1.165, 1.54) is 45.6 Å². The standard InChI is InChI=1S/C25H27ClN2O6S/c1-16-12-18(10-11-22(16)32-2)35(30,31)28-21(13-17-8-6-5-7-9-17)25(29)27-20-15-23(33-3)19(26)14-24(20)34-4/h5-12,14-15,21,28H,13H2,1-4H3,(H,27,29)/t21-/m0/s1. The number of hydrogen-bond acceptors (Lipinski definition) is 6. The molecule has 1 amide bonds. The zero-order valence-corrected chi connectivity index (χ0v) is 21.4. The summed E-state index contributed by atoms with van der Waals surface area (Å²) in [6.45, 7) is 1.74. The summed E-state index contributed by atoms with van der Waals surface area (Å²) in [4.78, 5) is 13.4. The Morgan fingerprint density at radius 3 is 2.17 bits per heavy atom. The summed E-state index contributed by atoms with van der Waals surface area (Å²) in [5.41, 5.74) is 1.72. The quantitative estimate of drug-likeness (QED) is 0.417. The van der Waals surface area contributed by atoms with E-state index in [0.29, 0.717) is 27.8 Å². The van der Waals surface area contributed by atoms with Gasteiger partial charge in [0.2, 0.25) is 15.9 Å². The van der Waals surface area contributed by atoms with Gasteiger partial charge in [0, 0.05) is 12.1 Å². The van der Waals surface area contributed by atoms with Crippen LogP contribution in [0.4, 0.5) is 5.69 Å². The highest BCUT2D eigenvalue weighted by Crippen LogP contribution is 2.36. The van der Waals surface area contributed by atoms with E-state index in [2.05, 4.69) is 10.0 Å². The van der Waals surface area contributed by atoms with Crippen molar-refractivity contribution in [3.63, 3.8) is 0 Å². The molecule has 0 unspecified atom stereocenters. The number of aryl methyl sites for hydroxylation is 1. The van der Waals surface area contributed by atoms with Crippen LogP contribution in [0.5, 0.6) is 17.2 Å². The van der Waals surface area contributed by atoms with Gasteiger partial charge in [-0.25, -0.2) is 8.42 Å². The van der Waals surface area contributed by atoms with Gasteiger partial charge in [-0.15, -0.1) is 0 Å². The molecule has 8 nitrogen and oxygen atoms in total. The number of carbonyl (C=O) groups excluding carboxylic acids is 1. The summed E-state index contributed by atoms with van der Waals surface area (Å²) in [6.07, 6.45) is 0.119. The molecule has 3 aromatic carbocycles. The van der Waals surface area contributed by atoms with Crippen molar-refractivity contribution in [3.8, 4) is 17.2 Å². The normalized spacial score (nSPS) is 12.0. The molecule has 0 aliphatic rings. The Balaban J connectivity index is 1.94. The Morgan fingerprint density at radius 2 is 1.57 bits per heavy atom. The fourth-order valence-corrected chi connectivity index (χ4v) is 5.00. The van der Waals surface area contributed by atoms with Crippen molar-refractivity contribution < 1.29 is 27.4 Å². The number of rotatable bonds is 10. The number of carbonyl (C=O) groups is 1. The van der Waals surface area contributed by atoms with E-state index in [9.17, 15) is 13.2 Å². The van der Waals surface area contributed by atoms with Crippen LogP contribution < -0.4 is 24.2 Å². The highest BCUT2D eigenvalue weighted by molar-refractivity contribution is 7.89. The van der Waals surface area contributed by atoms with Crippen LogP contribution in [-0.2, 0) is 21.2 Å². The monoisotopic (exact) mass is 518 g/mol. The number of sulfonamides is 1. The molecule has 0 fully saturated rings. The topological polar surface area (TPSA) is 103 Å². The molecule has 0 aliphatic carbocycles. The Hall–Kier alpha value is -3.27. The van der Waals surface area contributed by atoms with Gasteiger partial charge in [-0.3, -0.25) is 4.79 Å². The van der Waals surface area contributed by atoms with E-state index in [1.807, 2.05) is 30.3 Å². The van der Waals surface area contributed by atoms with Crippen LogP contribution in [0.1, 0.15) is 11.1 Å². The molecule has 0 aliphatic heterocycles. The molecule has 0 saturated heterocycles. The largest absolute Gasteiger partial charge is 0.496 e. The molecule has 0 heterocycles. The van der Waals surface area contributed by atoms with Crippen LogP contribution in [0.15, 0.2) is 65.6 Å². The molecule has 1 atom stereocenters. The number of benzene rings is 3. The second-order valence-corrected chi connectivity index (χ2v) is 9.79. The Kier molecular flexibility index (Phi) is 8.61. The van der Waals surface area contributed by atoms with Gasteiger partial charge >= 0.3 is 0 Å². The van der Waals surface area contributed by atoms with Crippen molar-refractivity contribution in [1.29, 1.82) is 0 Å². The lowest BCUT2D eigenvalue weighted by Gasteiger charge is -2.20. The van der Waals surface area contributed by atoms with Gasteiger partial charge in [-0.05, 0) is 42.7 Å². The van der Waals surface area contributed by atoms with Crippen molar-refractivity contribution >= 4 is 33.2 Å². The molecule has 2 N–H and O–H groups in total. The highest BCUT2D eigenvalue weighted by Gasteiger charge is 2.27. The summed E-state index contributed by atoms with van der Waals surface area (Å²) in [5.74, 6) is 0.615. The van der Waals surface area contributed by atoms with Gasteiger partial charge in [0.1, 0.15) is 23.3 Å². The number of methoxy groups -OCH3 is 3. The predicted octanol–water partition coefficient (Wildman–Crippen LogP) is 4.20. The summed E-state index contributed by atoms with van der Waals surface area (Å²) in [5, 5.41) is 3.04. The SMILES string of the molecule is COc1ccc(S(=O)(=O)N[C@@H](Cc2ccccc2)C(=O)Nc2cc(OC)c(Cl)cc2OC)cc1C. The first-order valence-corrected chi connectivity index (χ1v) is 12.5.